The Morgan fingerprint density at radius 2 is 2.16 bits per heavy atom. The number of carbonyl (C=O) groups excluding carboxylic acids is 1. The SMILES string of the molecule is CCOC(=O)c1cccc(-c2ccc(/C=C/c3[nH]n4cnnc4c(=O)c3[N+](=O)[O-])o2)c1. The second-order valence-electron chi connectivity index (χ2n) is 6.32. The molecule has 0 atom stereocenters. The fraction of sp³-hybridized carbons (Fsp3) is 0.100. The van der Waals surface area contributed by atoms with E-state index >= 15 is 0 Å². The van der Waals surface area contributed by atoms with Gasteiger partial charge in [0.2, 0.25) is 5.65 Å². The van der Waals surface area contributed by atoms with E-state index in [-0.39, 0.29) is 17.9 Å². The zero-order chi connectivity index (χ0) is 22.0. The Labute approximate surface area is 173 Å². The Hall–Kier alpha value is -4.54. The van der Waals surface area contributed by atoms with Crippen LogP contribution >= 0.6 is 0 Å². The van der Waals surface area contributed by atoms with Gasteiger partial charge in [0.15, 0.2) is 0 Å². The van der Waals surface area contributed by atoms with Gasteiger partial charge in [-0.05, 0) is 43.3 Å². The smallest absolute Gasteiger partial charge is 0.345 e. The number of hydrogen-bond acceptors (Lipinski definition) is 8. The Kier molecular flexibility index (Phi) is 5.14. The van der Waals surface area contributed by atoms with Gasteiger partial charge in [-0.3, -0.25) is 20.0 Å². The maximum Gasteiger partial charge on any atom is 0.345 e. The van der Waals surface area contributed by atoms with E-state index in [4.69, 9.17) is 9.15 Å². The van der Waals surface area contributed by atoms with Gasteiger partial charge in [0, 0.05) is 5.56 Å². The lowest BCUT2D eigenvalue weighted by Gasteiger charge is -2.03. The average molecular weight is 421 g/mol. The fourth-order valence-corrected chi connectivity index (χ4v) is 2.96. The molecule has 1 N–H and O–H groups in total. The molecule has 0 bridgehead atoms. The molecule has 156 valence electrons. The van der Waals surface area contributed by atoms with Crippen LogP contribution < -0.4 is 5.43 Å². The summed E-state index contributed by atoms with van der Waals surface area (Å²) < 4.78 is 12.0. The first-order valence-corrected chi connectivity index (χ1v) is 9.14. The molecule has 0 aliphatic heterocycles. The fourth-order valence-electron chi connectivity index (χ4n) is 2.96. The molecule has 0 aliphatic carbocycles. The third-order valence-electron chi connectivity index (χ3n) is 4.34. The molecule has 11 nitrogen and oxygen atoms in total. The van der Waals surface area contributed by atoms with Gasteiger partial charge in [0.1, 0.15) is 23.5 Å². The third kappa shape index (κ3) is 3.83. The predicted octanol–water partition coefficient (Wildman–Crippen LogP) is 2.93. The van der Waals surface area contributed by atoms with Crippen LogP contribution in [-0.2, 0) is 4.74 Å². The number of nitrogens with one attached hydrogen (secondary N) is 1. The van der Waals surface area contributed by atoms with Gasteiger partial charge in [0.25, 0.3) is 0 Å². The van der Waals surface area contributed by atoms with Crippen LogP contribution in [0.5, 0.6) is 0 Å². The molecule has 0 fully saturated rings. The molecular weight excluding hydrogens is 406 g/mol. The van der Waals surface area contributed by atoms with Gasteiger partial charge in [-0.1, -0.05) is 12.1 Å². The molecule has 11 heteroatoms. The van der Waals surface area contributed by atoms with Crippen molar-refractivity contribution in [2.45, 2.75) is 6.92 Å². The van der Waals surface area contributed by atoms with Gasteiger partial charge in [-0.25, -0.2) is 9.31 Å². The minimum atomic E-state index is -0.850. The van der Waals surface area contributed by atoms with Crippen molar-refractivity contribution in [3.63, 3.8) is 0 Å². The molecule has 0 amide bonds. The number of nitrogens with zero attached hydrogens (tertiary/aromatic N) is 4. The average Bonchev–Trinajstić information content (AvgIpc) is 3.42. The molecule has 31 heavy (non-hydrogen) atoms. The summed E-state index contributed by atoms with van der Waals surface area (Å²) >= 11 is 0. The van der Waals surface area contributed by atoms with Crippen molar-refractivity contribution >= 4 is 29.5 Å². The van der Waals surface area contributed by atoms with Crippen molar-refractivity contribution < 1.29 is 18.9 Å². The van der Waals surface area contributed by atoms with Crippen LogP contribution in [0.1, 0.15) is 28.7 Å². The van der Waals surface area contributed by atoms with Crippen LogP contribution in [0, 0.1) is 10.1 Å². The largest absolute Gasteiger partial charge is 0.462 e. The molecule has 0 radical (unpaired) electrons. The number of nitro groups is 1. The van der Waals surface area contributed by atoms with Crippen LogP contribution in [0.15, 0.2) is 51.9 Å². The van der Waals surface area contributed by atoms with Crippen molar-refractivity contribution in [1.82, 2.24) is 19.8 Å². The van der Waals surface area contributed by atoms with Crippen LogP contribution in [-0.4, -0.2) is 37.3 Å². The van der Waals surface area contributed by atoms with E-state index in [0.29, 0.717) is 22.6 Å². The standard InChI is InChI=1S/C20H15N5O6/c1-2-30-20(27)13-5-3-4-12(10-13)16-9-7-14(31-16)6-8-15-17(25(28)29)18(26)19-22-21-11-24(19)23-15/h3-11,23H,2H2,1H3/b8-6+. The number of rotatable bonds is 6. The summed E-state index contributed by atoms with van der Waals surface area (Å²) in [5.41, 5.74) is -0.656. The number of H-pyrrole nitrogens is 1. The number of ether oxygens (including phenoxy) is 1. The van der Waals surface area contributed by atoms with E-state index in [2.05, 4.69) is 15.3 Å². The highest BCUT2D eigenvalue weighted by Gasteiger charge is 2.22. The van der Waals surface area contributed by atoms with E-state index in [1.165, 1.54) is 23.0 Å². The highest BCUT2D eigenvalue weighted by Crippen LogP contribution is 2.25. The Balaban J connectivity index is 1.65. The van der Waals surface area contributed by atoms with E-state index in [0.717, 1.165) is 0 Å². The quantitative estimate of drug-likeness (QED) is 0.284. The maximum atomic E-state index is 12.3. The number of hydrogen-bond donors (Lipinski definition) is 1. The second-order valence-corrected chi connectivity index (χ2v) is 6.32. The zero-order valence-corrected chi connectivity index (χ0v) is 16.1. The number of benzene rings is 1. The summed E-state index contributed by atoms with van der Waals surface area (Å²) in [6, 6.07) is 10.1. The first-order valence-electron chi connectivity index (χ1n) is 9.14. The molecule has 0 saturated carbocycles. The molecular formula is C20H15N5O6. The van der Waals surface area contributed by atoms with Crippen molar-refractivity contribution in [2.75, 3.05) is 6.61 Å². The summed E-state index contributed by atoms with van der Waals surface area (Å²) in [7, 11) is 0. The van der Waals surface area contributed by atoms with Gasteiger partial charge in [0.05, 0.1) is 17.1 Å². The second kappa shape index (κ2) is 8.06. The monoisotopic (exact) mass is 421 g/mol. The van der Waals surface area contributed by atoms with Crippen molar-refractivity contribution in [3.05, 3.63) is 80.1 Å². The first-order chi connectivity index (χ1) is 15.0. The molecule has 4 rings (SSSR count). The summed E-state index contributed by atoms with van der Waals surface area (Å²) in [6.45, 7) is 2.00. The number of carbonyl (C=O) groups is 1. The summed E-state index contributed by atoms with van der Waals surface area (Å²) in [6.07, 6.45) is 4.07. The van der Waals surface area contributed by atoms with Crippen molar-refractivity contribution in [1.29, 1.82) is 0 Å². The van der Waals surface area contributed by atoms with E-state index < -0.39 is 22.0 Å². The topological polar surface area (TPSA) is 146 Å². The third-order valence-corrected chi connectivity index (χ3v) is 4.34. The van der Waals surface area contributed by atoms with Crippen molar-refractivity contribution in [3.8, 4) is 11.3 Å². The minimum Gasteiger partial charge on any atom is -0.462 e. The molecule has 0 spiro atoms. The van der Waals surface area contributed by atoms with E-state index in [1.807, 2.05) is 0 Å². The van der Waals surface area contributed by atoms with Gasteiger partial charge >= 0.3 is 17.1 Å². The zero-order valence-electron chi connectivity index (χ0n) is 16.1. The molecule has 0 saturated heterocycles. The highest BCUT2D eigenvalue weighted by molar-refractivity contribution is 5.90. The van der Waals surface area contributed by atoms with Crippen LogP contribution in [0.25, 0.3) is 29.1 Å². The normalized spacial score (nSPS) is 11.3. The van der Waals surface area contributed by atoms with Gasteiger partial charge in [-0.2, -0.15) is 0 Å². The number of esters is 1. The van der Waals surface area contributed by atoms with Gasteiger partial charge in [-0.15, -0.1) is 10.2 Å². The summed E-state index contributed by atoms with van der Waals surface area (Å²) in [4.78, 5) is 34.8. The predicted molar refractivity (Wildman–Crippen MR) is 109 cm³/mol. The van der Waals surface area contributed by atoms with Crippen LogP contribution in [0.3, 0.4) is 0 Å². The summed E-state index contributed by atoms with van der Waals surface area (Å²) in [5, 5.41) is 21.2. The number of aromatic amines is 1. The minimum absolute atomic E-state index is 0.0374. The Bertz CT molecular complexity index is 1380. The lowest BCUT2D eigenvalue weighted by molar-refractivity contribution is -0.386. The van der Waals surface area contributed by atoms with E-state index in [1.54, 1.807) is 43.3 Å². The molecule has 3 aromatic heterocycles. The molecule has 3 heterocycles. The maximum absolute atomic E-state index is 12.3. The van der Waals surface area contributed by atoms with Crippen molar-refractivity contribution in [2.24, 2.45) is 0 Å². The molecule has 4 aromatic rings. The number of fused-ring (bicyclic) bond motifs is 1. The van der Waals surface area contributed by atoms with Crippen LogP contribution in [0.2, 0.25) is 0 Å². The first kappa shape index (κ1) is 19.8. The highest BCUT2D eigenvalue weighted by atomic mass is 16.6. The Morgan fingerprint density at radius 3 is 2.94 bits per heavy atom. The van der Waals surface area contributed by atoms with Gasteiger partial charge < -0.3 is 9.15 Å². The Morgan fingerprint density at radius 1 is 1.32 bits per heavy atom. The number of aromatic nitrogens is 4. The number of furan rings is 1. The lowest BCUT2D eigenvalue weighted by Crippen LogP contribution is -2.15. The summed E-state index contributed by atoms with van der Waals surface area (Å²) in [5.74, 6) is 0.440. The lowest BCUT2D eigenvalue weighted by atomic mass is 10.1. The van der Waals surface area contributed by atoms with E-state index in [9.17, 15) is 19.7 Å². The van der Waals surface area contributed by atoms with Crippen LogP contribution in [0.4, 0.5) is 5.69 Å². The molecule has 1 aromatic carbocycles. The molecule has 0 unspecified atom stereocenters. The molecule has 0 aliphatic rings.